The fourth-order valence-electron chi connectivity index (χ4n) is 1.61. The number of rotatable bonds is 5. The Hall–Kier alpha value is -1.33. The molecule has 1 aromatic rings. The van der Waals surface area contributed by atoms with Crippen molar-refractivity contribution in [2.75, 3.05) is 6.54 Å². The first kappa shape index (κ1) is 15.7. The van der Waals surface area contributed by atoms with E-state index >= 15 is 0 Å². The molecule has 0 aliphatic rings. The Morgan fingerprint density at radius 1 is 1.47 bits per heavy atom. The maximum absolute atomic E-state index is 12.3. The lowest BCUT2D eigenvalue weighted by Gasteiger charge is -2.25. The molecule has 0 aliphatic carbocycles. The van der Waals surface area contributed by atoms with E-state index in [4.69, 9.17) is 10.7 Å². The molecule has 4 nitrogen and oxygen atoms in total. The van der Waals surface area contributed by atoms with Crippen LogP contribution in [0.3, 0.4) is 0 Å². The Balaban J connectivity index is 3.15. The van der Waals surface area contributed by atoms with Crippen LogP contribution in [0.1, 0.15) is 24.2 Å². The first-order chi connectivity index (χ1) is 8.77. The molecule has 1 rings (SSSR count). The fraction of sp³-hybridized carbons (Fsp3) is 0.308. The summed E-state index contributed by atoms with van der Waals surface area (Å²) in [4.78, 5) is 13.8. The van der Waals surface area contributed by atoms with Crippen molar-refractivity contribution in [3.63, 3.8) is 0 Å². The predicted octanol–water partition coefficient (Wildman–Crippen LogP) is 2.65. The van der Waals surface area contributed by atoms with E-state index in [1.807, 2.05) is 13.8 Å². The van der Waals surface area contributed by atoms with Gasteiger partial charge in [0, 0.05) is 28.8 Å². The van der Waals surface area contributed by atoms with Crippen LogP contribution >= 0.6 is 10.7 Å². The molecule has 0 unspecified atom stereocenters. The summed E-state index contributed by atoms with van der Waals surface area (Å²) in [6.45, 7) is 7.76. The molecule has 1 amide bonds. The van der Waals surface area contributed by atoms with Crippen molar-refractivity contribution in [1.82, 2.24) is 4.90 Å². The van der Waals surface area contributed by atoms with Gasteiger partial charge >= 0.3 is 0 Å². The molecule has 6 heteroatoms. The third kappa shape index (κ3) is 4.08. The molecule has 0 N–H and O–H groups in total. The Bertz CT molecular complexity index is 581. The van der Waals surface area contributed by atoms with Crippen molar-refractivity contribution >= 4 is 25.6 Å². The van der Waals surface area contributed by atoms with E-state index < -0.39 is 9.05 Å². The number of hydrogen-bond acceptors (Lipinski definition) is 3. The highest BCUT2D eigenvalue weighted by molar-refractivity contribution is 8.13. The van der Waals surface area contributed by atoms with Crippen LogP contribution in [0, 0.1) is 0 Å². The van der Waals surface area contributed by atoms with E-state index in [9.17, 15) is 13.2 Å². The third-order valence-corrected chi connectivity index (χ3v) is 3.92. The van der Waals surface area contributed by atoms with E-state index in [0.717, 1.165) is 0 Å². The summed E-state index contributed by atoms with van der Waals surface area (Å²) in [5.41, 5.74) is 0.289. The molecule has 0 aliphatic heterocycles. The minimum Gasteiger partial charge on any atom is -0.333 e. The van der Waals surface area contributed by atoms with E-state index in [0.29, 0.717) is 6.54 Å². The second kappa shape index (κ2) is 6.21. The smallest absolute Gasteiger partial charge is 0.261 e. The van der Waals surface area contributed by atoms with Crippen LogP contribution in [-0.4, -0.2) is 31.8 Å². The van der Waals surface area contributed by atoms with Gasteiger partial charge in [-0.25, -0.2) is 8.42 Å². The molecule has 104 valence electrons. The number of amides is 1. The molecule has 0 radical (unpaired) electrons. The van der Waals surface area contributed by atoms with E-state index in [1.165, 1.54) is 18.2 Å². The molecule has 0 heterocycles. The topological polar surface area (TPSA) is 54.5 Å². The monoisotopic (exact) mass is 301 g/mol. The van der Waals surface area contributed by atoms with Gasteiger partial charge in [0.25, 0.3) is 15.0 Å². The van der Waals surface area contributed by atoms with Crippen molar-refractivity contribution in [2.45, 2.75) is 24.8 Å². The summed E-state index contributed by atoms with van der Waals surface area (Å²) in [6.07, 6.45) is 1.63. The molecule has 0 aromatic heterocycles. The molecule has 0 fully saturated rings. The zero-order valence-electron chi connectivity index (χ0n) is 10.8. The van der Waals surface area contributed by atoms with Crippen molar-refractivity contribution in [3.8, 4) is 0 Å². The first-order valence-electron chi connectivity index (χ1n) is 5.74. The molecule has 0 saturated heterocycles. The van der Waals surface area contributed by atoms with Gasteiger partial charge in [0.05, 0.1) is 4.90 Å². The summed E-state index contributed by atoms with van der Waals surface area (Å²) < 4.78 is 22.5. The van der Waals surface area contributed by atoms with E-state index in [-0.39, 0.29) is 22.4 Å². The number of halogens is 1. The summed E-state index contributed by atoms with van der Waals surface area (Å²) in [5.74, 6) is -0.253. The summed E-state index contributed by atoms with van der Waals surface area (Å²) in [5, 5.41) is 0. The van der Waals surface area contributed by atoms with Gasteiger partial charge in [-0.15, -0.1) is 6.58 Å². The van der Waals surface area contributed by atoms with Crippen molar-refractivity contribution in [3.05, 3.63) is 42.5 Å². The lowest BCUT2D eigenvalue weighted by Crippen LogP contribution is -2.37. The molecule has 19 heavy (non-hydrogen) atoms. The number of carbonyl (C=O) groups is 1. The van der Waals surface area contributed by atoms with E-state index in [1.54, 1.807) is 17.0 Å². The van der Waals surface area contributed by atoms with Crippen LogP contribution in [0.4, 0.5) is 0 Å². The van der Waals surface area contributed by atoms with E-state index in [2.05, 4.69) is 6.58 Å². The van der Waals surface area contributed by atoms with Crippen molar-refractivity contribution in [2.24, 2.45) is 0 Å². The molecule has 0 spiro atoms. The zero-order valence-corrected chi connectivity index (χ0v) is 12.4. The number of benzene rings is 1. The average molecular weight is 302 g/mol. The summed E-state index contributed by atoms with van der Waals surface area (Å²) in [7, 11) is 1.43. The van der Waals surface area contributed by atoms with Crippen molar-refractivity contribution in [1.29, 1.82) is 0 Å². The van der Waals surface area contributed by atoms with Crippen LogP contribution in [0.15, 0.2) is 41.8 Å². The van der Waals surface area contributed by atoms with Gasteiger partial charge in [0.2, 0.25) is 0 Å². The average Bonchev–Trinajstić information content (AvgIpc) is 2.34. The van der Waals surface area contributed by atoms with Crippen LogP contribution in [0.5, 0.6) is 0 Å². The van der Waals surface area contributed by atoms with Gasteiger partial charge in [0.1, 0.15) is 0 Å². The van der Waals surface area contributed by atoms with Gasteiger partial charge in [-0.1, -0.05) is 12.1 Å². The van der Waals surface area contributed by atoms with Gasteiger partial charge in [-0.3, -0.25) is 4.79 Å². The van der Waals surface area contributed by atoms with Crippen LogP contribution in [-0.2, 0) is 9.05 Å². The van der Waals surface area contributed by atoms with Gasteiger partial charge in [0.15, 0.2) is 0 Å². The predicted molar refractivity (Wildman–Crippen MR) is 75.9 cm³/mol. The highest BCUT2D eigenvalue weighted by atomic mass is 35.7. The first-order valence-corrected chi connectivity index (χ1v) is 8.05. The second-order valence-electron chi connectivity index (χ2n) is 4.31. The molecular weight excluding hydrogens is 286 g/mol. The quantitative estimate of drug-likeness (QED) is 0.620. The van der Waals surface area contributed by atoms with Gasteiger partial charge in [-0.05, 0) is 32.0 Å². The van der Waals surface area contributed by atoms with Crippen LogP contribution in [0.25, 0.3) is 0 Å². The zero-order chi connectivity index (χ0) is 14.6. The van der Waals surface area contributed by atoms with Gasteiger partial charge in [-0.2, -0.15) is 0 Å². The number of hydrogen-bond donors (Lipinski definition) is 0. The minimum atomic E-state index is -3.84. The Morgan fingerprint density at radius 2 is 2.11 bits per heavy atom. The SMILES string of the molecule is C=CCN(C(=O)c1cccc(S(=O)(=O)Cl)c1)C(C)C. The summed E-state index contributed by atoms with van der Waals surface area (Å²) in [6, 6.07) is 5.68. The number of nitrogens with zero attached hydrogens (tertiary/aromatic N) is 1. The maximum atomic E-state index is 12.3. The largest absolute Gasteiger partial charge is 0.333 e. The Morgan fingerprint density at radius 3 is 2.58 bits per heavy atom. The lowest BCUT2D eigenvalue weighted by atomic mass is 10.1. The summed E-state index contributed by atoms with van der Waals surface area (Å²) >= 11 is 0. The van der Waals surface area contributed by atoms with Gasteiger partial charge < -0.3 is 4.90 Å². The van der Waals surface area contributed by atoms with Crippen molar-refractivity contribution < 1.29 is 13.2 Å². The normalized spacial score (nSPS) is 11.4. The molecule has 0 saturated carbocycles. The standard InChI is InChI=1S/C13H16ClNO3S/c1-4-8-15(10(2)3)13(16)11-6-5-7-12(9-11)19(14,17)18/h4-7,9-10H,1,8H2,2-3H3. The Labute approximate surface area is 118 Å². The minimum absolute atomic E-state index is 0.0123. The Kier molecular flexibility index (Phi) is 5.14. The highest BCUT2D eigenvalue weighted by Crippen LogP contribution is 2.18. The highest BCUT2D eigenvalue weighted by Gasteiger charge is 2.19. The van der Waals surface area contributed by atoms with Crippen LogP contribution < -0.4 is 0 Å². The molecular formula is C13H16ClNO3S. The fourth-order valence-corrected chi connectivity index (χ4v) is 2.41. The number of carbonyl (C=O) groups excluding carboxylic acids is 1. The lowest BCUT2D eigenvalue weighted by molar-refractivity contribution is 0.0728. The molecule has 0 bridgehead atoms. The second-order valence-corrected chi connectivity index (χ2v) is 6.87. The maximum Gasteiger partial charge on any atom is 0.261 e. The third-order valence-electron chi connectivity index (χ3n) is 2.57. The molecule has 1 aromatic carbocycles. The molecule has 0 atom stereocenters. The van der Waals surface area contributed by atoms with Crippen LogP contribution in [0.2, 0.25) is 0 Å².